The maximum atomic E-state index is 14.9. The number of oxazole rings is 1. The average Bonchev–Trinajstić information content (AvgIpc) is 3.31. The standard InChI is InChI=1S/C23H26FN7O/c1-13-10-19(29-31-22(13)25-14(2)28-31)15-11-18(24)21-20(12-15)32-23(27-21)26-16-6-8-30(9-7-16)17-4-3-5-17/h10-12,16-17H,3-9H2,1-2H3,(H,26,27). The third-order valence-corrected chi connectivity index (χ3v) is 6.80. The number of nitrogens with one attached hydrogen (secondary N) is 1. The number of aryl methyl sites for hydroxylation is 2. The summed E-state index contributed by atoms with van der Waals surface area (Å²) in [5, 5.41) is 12.2. The zero-order chi connectivity index (χ0) is 21.8. The van der Waals surface area contributed by atoms with Crippen molar-refractivity contribution in [1.82, 2.24) is 29.7 Å². The minimum atomic E-state index is -0.427. The van der Waals surface area contributed by atoms with Crippen molar-refractivity contribution in [1.29, 1.82) is 0 Å². The fourth-order valence-electron chi connectivity index (χ4n) is 4.80. The molecular weight excluding hydrogens is 409 g/mol. The van der Waals surface area contributed by atoms with Crippen LogP contribution in [0.2, 0.25) is 0 Å². The summed E-state index contributed by atoms with van der Waals surface area (Å²) in [6.45, 7) is 5.95. The molecule has 0 bridgehead atoms. The first-order valence-corrected chi connectivity index (χ1v) is 11.4. The number of rotatable bonds is 4. The van der Waals surface area contributed by atoms with Crippen LogP contribution in [-0.2, 0) is 0 Å². The molecule has 0 spiro atoms. The van der Waals surface area contributed by atoms with Gasteiger partial charge in [-0.25, -0.2) is 9.37 Å². The third kappa shape index (κ3) is 3.40. The molecule has 1 aliphatic carbocycles. The van der Waals surface area contributed by atoms with E-state index < -0.39 is 5.82 Å². The van der Waals surface area contributed by atoms with Crippen LogP contribution in [0.4, 0.5) is 10.4 Å². The fourth-order valence-corrected chi connectivity index (χ4v) is 4.80. The molecule has 2 aliphatic rings. The topological polar surface area (TPSA) is 84.4 Å². The van der Waals surface area contributed by atoms with Gasteiger partial charge in [-0.05, 0) is 63.3 Å². The van der Waals surface area contributed by atoms with Gasteiger partial charge in [0.15, 0.2) is 17.0 Å². The molecule has 9 heteroatoms. The van der Waals surface area contributed by atoms with Gasteiger partial charge in [-0.15, -0.1) is 14.8 Å². The van der Waals surface area contributed by atoms with E-state index >= 15 is 0 Å². The van der Waals surface area contributed by atoms with E-state index in [0.29, 0.717) is 40.4 Å². The lowest BCUT2D eigenvalue weighted by Gasteiger charge is -2.41. The SMILES string of the molecule is Cc1nc2c(C)cc(-c3cc(F)c4nc(NC5CCN(C6CCC6)CC5)oc4c3)nn2n1. The van der Waals surface area contributed by atoms with Crippen LogP contribution in [0.5, 0.6) is 0 Å². The number of hydrogen-bond donors (Lipinski definition) is 1. The molecule has 4 heterocycles. The van der Waals surface area contributed by atoms with E-state index in [-0.39, 0.29) is 5.52 Å². The summed E-state index contributed by atoms with van der Waals surface area (Å²) in [7, 11) is 0. The molecule has 1 aliphatic heterocycles. The summed E-state index contributed by atoms with van der Waals surface area (Å²) in [4.78, 5) is 11.3. The molecule has 1 aromatic carbocycles. The number of hydrogen-bond acceptors (Lipinski definition) is 7. The van der Waals surface area contributed by atoms with Crippen molar-refractivity contribution in [2.45, 2.75) is 58.0 Å². The monoisotopic (exact) mass is 435 g/mol. The quantitative estimate of drug-likeness (QED) is 0.516. The number of fused-ring (bicyclic) bond motifs is 2. The van der Waals surface area contributed by atoms with Crippen LogP contribution in [-0.4, -0.2) is 54.9 Å². The zero-order valence-electron chi connectivity index (χ0n) is 18.3. The predicted octanol–water partition coefficient (Wildman–Crippen LogP) is 4.12. The molecule has 0 unspecified atom stereocenters. The Labute approximate surface area is 184 Å². The molecular formula is C23H26FN7O. The fraction of sp³-hybridized carbons (Fsp3) is 0.478. The first kappa shape index (κ1) is 19.6. The molecule has 166 valence electrons. The molecule has 0 radical (unpaired) electrons. The average molecular weight is 436 g/mol. The molecule has 6 rings (SSSR count). The molecule has 4 aromatic rings. The Morgan fingerprint density at radius 2 is 1.84 bits per heavy atom. The summed E-state index contributed by atoms with van der Waals surface area (Å²) in [5.41, 5.74) is 3.48. The summed E-state index contributed by atoms with van der Waals surface area (Å²) in [6, 6.07) is 6.57. The van der Waals surface area contributed by atoms with Crippen molar-refractivity contribution in [3.63, 3.8) is 0 Å². The van der Waals surface area contributed by atoms with E-state index in [4.69, 9.17) is 4.42 Å². The van der Waals surface area contributed by atoms with E-state index in [9.17, 15) is 4.39 Å². The Hall–Kier alpha value is -3.07. The van der Waals surface area contributed by atoms with E-state index in [0.717, 1.165) is 37.5 Å². The Kier molecular flexibility index (Phi) is 4.60. The number of likely N-dealkylation sites (tertiary alicyclic amines) is 1. The van der Waals surface area contributed by atoms with Gasteiger partial charge in [0, 0.05) is 30.7 Å². The Morgan fingerprint density at radius 3 is 2.59 bits per heavy atom. The Balaban J connectivity index is 1.25. The molecule has 1 N–H and O–H groups in total. The molecule has 3 aromatic heterocycles. The summed E-state index contributed by atoms with van der Waals surface area (Å²) >= 11 is 0. The van der Waals surface area contributed by atoms with Gasteiger partial charge in [0.25, 0.3) is 6.01 Å². The van der Waals surface area contributed by atoms with E-state index in [1.54, 1.807) is 6.07 Å². The molecule has 2 fully saturated rings. The Morgan fingerprint density at radius 1 is 1.03 bits per heavy atom. The number of nitrogens with zero attached hydrogens (tertiary/aromatic N) is 6. The highest BCUT2D eigenvalue weighted by molar-refractivity contribution is 5.81. The van der Waals surface area contributed by atoms with Crippen LogP contribution in [0.1, 0.15) is 43.5 Å². The molecule has 1 saturated heterocycles. The normalized spacial score (nSPS) is 18.5. The smallest absolute Gasteiger partial charge is 0.296 e. The number of halogens is 1. The summed E-state index contributed by atoms with van der Waals surface area (Å²) in [6.07, 6.45) is 6.12. The lowest BCUT2D eigenvalue weighted by atomic mass is 9.89. The number of aromatic nitrogens is 5. The largest absolute Gasteiger partial charge is 0.423 e. The second-order valence-electron chi connectivity index (χ2n) is 9.05. The van der Waals surface area contributed by atoms with Gasteiger partial charge in [0.05, 0.1) is 5.69 Å². The lowest BCUT2D eigenvalue weighted by molar-refractivity contribution is 0.101. The molecule has 0 atom stereocenters. The van der Waals surface area contributed by atoms with Gasteiger partial charge in [-0.1, -0.05) is 6.42 Å². The number of benzene rings is 1. The number of anilines is 1. The Bertz CT molecular complexity index is 1300. The van der Waals surface area contributed by atoms with Crippen molar-refractivity contribution in [3.8, 4) is 11.3 Å². The highest BCUT2D eigenvalue weighted by atomic mass is 19.1. The first-order valence-electron chi connectivity index (χ1n) is 11.4. The summed E-state index contributed by atoms with van der Waals surface area (Å²) < 4.78 is 22.3. The van der Waals surface area contributed by atoms with Gasteiger partial charge in [-0.2, -0.15) is 4.98 Å². The van der Waals surface area contributed by atoms with Crippen LogP contribution in [0.15, 0.2) is 22.6 Å². The van der Waals surface area contributed by atoms with Crippen molar-refractivity contribution in [3.05, 3.63) is 35.4 Å². The second kappa shape index (κ2) is 7.51. The van der Waals surface area contributed by atoms with Crippen molar-refractivity contribution in [2.24, 2.45) is 0 Å². The van der Waals surface area contributed by atoms with Gasteiger partial charge in [-0.3, -0.25) is 0 Å². The highest BCUT2D eigenvalue weighted by Crippen LogP contribution is 2.31. The van der Waals surface area contributed by atoms with Crippen LogP contribution >= 0.6 is 0 Å². The molecule has 1 saturated carbocycles. The predicted molar refractivity (Wildman–Crippen MR) is 119 cm³/mol. The van der Waals surface area contributed by atoms with Gasteiger partial charge >= 0.3 is 0 Å². The molecule has 8 nitrogen and oxygen atoms in total. The maximum Gasteiger partial charge on any atom is 0.296 e. The van der Waals surface area contributed by atoms with Gasteiger partial charge in [0.1, 0.15) is 11.3 Å². The van der Waals surface area contributed by atoms with E-state index in [1.807, 2.05) is 19.9 Å². The van der Waals surface area contributed by atoms with E-state index in [2.05, 4.69) is 30.4 Å². The van der Waals surface area contributed by atoms with Crippen LogP contribution in [0.25, 0.3) is 28.0 Å². The van der Waals surface area contributed by atoms with Crippen LogP contribution in [0.3, 0.4) is 0 Å². The maximum absolute atomic E-state index is 14.9. The van der Waals surface area contributed by atoms with Crippen molar-refractivity contribution in [2.75, 3.05) is 18.4 Å². The molecule has 32 heavy (non-hydrogen) atoms. The minimum absolute atomic E-state index is 0.234. The van der Waals surface area contributed by atoms with Crippen LogP contribution in [0, 0.1) is 19.7 Å². The second-order valence-corrected chi connectivity index (χ2v) is 9.05. The van der Waals surface area contributed by atoms with Crippen molar-refractivity contribution >= 4 is 22.8 Å². The van der Waals surface area contributed by atoms with Gasteiger partial charge < -0.3 is 14.6 Å². The third-order valence-electron chi connectivity index (χ3n) is 6.80. The minimum Gasteiger partial charge on any atom is -0.423 e. The zero-order valence-corrected chi connectivity index (χ0v) is 18.3. The van der Waals surface area contributed by atoms with Crippen molar-refractivity contribution < 1.29 is 8.81 Å². The van der Waals surface area contributed by atoms with Gasteiger partial charge in [0.2, 0.25) is 0 Å². The van der Waals surface area contributed by atoms with E-state index in [1.165, 1.54) is 30.0 Å². The number of piperidine rings is 1. The summed E-state index contributed by atoms with van der Waals surface area (Å²) in [5.74, 6) is 0.215. The first-order chi connectivity index (χ1) is 15.5. The molecule has 0 amide bonds. The highest BCUT2D eigenvalue weighted by Gasteiger charge is 2.29. The van der Waals surface area contributed by atoms with Crippen LogP contribution < -0.4 is 5.32 Å². The lowest BCUT2D eigenvalue weighted by Crippen LogP contribution is -2.47.